The van der Waals surface area contributed by atoms with E-state index in [9.17, 15) is 22.8 Å². The van der Waals surface area contributed by atoms with Gasteiger partial charge in [0.05, 0.1) is 6.61 Å². The number of benzene rings is 2. The van der Waals surface area contributed by atoms with Crippen LogP contribution in [-0.4, -0.2) is 24.6 Å². The molecular weight excluding hydrogens is 361 g/mol. The van der Waals surface area contributed by atoms with Gasteiger partial charge in [-0.25, -0.2) is 0 Å². The van der Waals surface area contributed by atoms with Crippen molar-refractivity contribution in [2.75, 3.05) is 11.9 Å². The molecule has 0 fully saturated rings. The Kier molecular flexibility index (Phi) is 7.22. The van der Waals surface area contributed by atoms with E-state index in [1.807, 2.05) is 35.6 Å². The Labute approximate surface area is 154 Å². The Morgan fingerprint density at radius 3 is 2.33 bits per heavy atom. The second kappa shape index (κ2) is 9.61. The zero-order valence-electron chi connectivity index (χ0n) is 14.4. The van der Waals surface area contributed by atoms with Crippen LogP contribution in [0.2, 0.25) is 0 Å². The van der Waals surface area contributed by atoms with Gasteiger partial charge < -0.3 is 15.4 Å². The summed E-state index contributed by atoms with van der Waals surface area (Å²) in [6.45, 7) is 0.377. The van der Waals surface area contributed by atoms with E-state index in [1.165, 1.54) is 18.2 Å². The zero-order valence-corrected chi connectivity index (χ0v) is 14.4. The first-order valence-corrected chi connectivity index (χ1v) is 8.27. The highest BCUT2D eigenvalue weighted by Gasteiger charge is 2.38. The molecule has 0 bridgehead atoms. The molecule has 8 heteroatoms. The monoisotopic (exact) mass is 380 g/mol. The van der Waals surface area contributed by atoms with Crippen LogP contribution in [0.4, 0.5) is 18.9 Å². The molecule has 0 atom stereocenters. The number of ether oxygens (including phenoxy) is 1. The van der Waals surface area contributed by atoms with Gasteiger partial charge in [0.2, 0.25) is 5.91 Å². The standard InChI is InChI=1S/C19H19F3N2O3/c20-19(21,22)18(26)24-16-10-5-4-7-14(16)13-23-17(25)11-6-12-27-15-8-2-1-3-9-15/h1-5,7-10H,6,11-13H2,(H,23,25)(H,24,26). The number of para-hydroxylation sites is 2. The minimum atomic E-state index is -4.98. The van der Waals surface area contributed by atoms with Gasteiger partial charge in [-0.05, 0) is 30.2 Å². The van der Waals surface area contributed by atoms with Crippen LogP contribution in [0, 0.1) is 0 Å². The molecule has 27 heavy (non-hydrogen) atoms. The quantitative estimate of drug-likeness (QED) is 0.687. The van der Waals surface area contributed by atoms with E-state index in [-0.39, 0.29) is 24.6 Å². The van der Waals surface area contributed by atoms with Crippen LogP contribution in [0.25, 0.3) is 0 Å². The molecule has 2 N–H and O–H groups in total. The average Bonchev–Trinajstić information content (AvgIpc) is 2.64. The summed E-state index contributed by atoms with van der Waals surface area (Å²) in [6.07, 6.45) is -4.27. The number of carbonyl (C=O) groups excluding carboxylic acids is 2. The van der Waals surface area contributed by atoms with Crippen molar-refractivity contribution in [2.24, 2.45) is 0 Å². The second-order valence-corrected chi connectivity index (χ2v) is 5.65. The van der Waals surface area contributed by atoms with E-state index in [0.717, 1.165) is 0 Å². The summed E-state index contributed by atoms with van der Waals surface area (Å²) < 4.78 is 42.6. The molecule has 0 spiro atoms. The SMILES string of the molecule is O=C(CCCOc1ccccc1)NCc1ccccc1NC(=O)C(F)(F)F. The van der Waals surface area contributed by atoms with Crippen LogP contribution < -0.4 is 15.4 Å². The van der Waals surface area contributed by atoms with Crippen molar-refractivity contribution in [3.8, 4) is 5.75 Å². The third kappa shape index (κ3) is 7.01. The number of hydrogen-bond acceptors (Lipinski definition) is 3. The van der Waals surface area contributed by atoms with Crippen molar-refractivity contribution in [2.45, 2.75) is 25.6 Å². The molecule has 0 aromatic heterocycles. The van der Waals surface area contributed by atoms with Crippen molar-refractivity contribution >= 4 is 17.5 Å². The Balaban J connectivity index is 1.77. The van der Waals surface area contributed by atoms with Crippen LogP contribution in [0.15, 0.2) is 54.6 Å². The third-order valence-corrected chi connectivity index (χ3v) is 3.56. The maximum atomic E-state index is 12.4. The third-order valence-electron chi connectivity index (χ3n) is 3.56. The minimum absolute atomic E-state index is 0.00663. The first-order valence-electron chi connectivity index (χ1n) is 8.27. The molecule has 0 radical (unpaired) electrons. The second-order valence-electron chi connectivity index (χ2n) is 5.65. The van der Waals surface area contributed by atoms with Crippen molar-refractivity contribution in [3.63, 3.8) is 0 Å². The molecule has 2 aromatic rings. The lowest BCUT2D eigenvalue weighted by molar-refractivity contribution is -0.167. The van der Waals surface area contributed by atoms with Crippen molar-refractivity contribution < 1.29 is 27.5 Å². The highest BCUT2D eigenvalue weighted by Crippen LogP contribution is 2.21. The first-order chi connectivity index (χ1) is 12.9. The summed E-state index contributed by atoms with van der Waals surface area (Å²) in [4.78, 5) is 23.0. The van der Waals surface area contributed by atoms with Crippen LogP contribution in [0.5, 0.6) is 5.75 Å². The van der Waals surface area contributed by atoms with Gasteiger partial charge in [0.15, 0.2) is 0 Å². The summed E-state index contributed by atoms with van der Waals surface area (Å²) >= 11 is 0. The van der Waals surface area contributed by atoms with E-state index in [2.05, 4.69) is 5.32 Å². The van der Waals surface area contributed by atoms with Gasteiger partial charge in [-0.1, -0.05) is 36.4 Å². The van der Waals surface area contributed by atoms with E-state index in [1.54, 1.807) is 6.07 Å². The minimum Gasteiger partial charge on any atom is -0.494 e. The molecule has 0 saturated carbocycles. The normalized spacial score (nSPS) is 10.9. The van der Waals surface area contributed by atoms with Gasteiger partial charge >= 0.3 is 12.1 Å². The lowest BCUT2D eigenvalue weighted by atomic mass is 10.1. The highest BCUT2D eigenvalue weighted by molar-refractivity contribution is 5.95. The number of anilines is 1. The fraction of sp³-hybridized carbons (Fsp3) is 0.263. The van der Waals surface area contributed by atoms with Crippen LogP contribution >= 0.6 is 0 Å². The number of nitrogens with one attached hydrogen (secondary N) is 2. The highest BCUT2D eigenvalue weighted by atomic mass is 19.4. The smallest absolute Gasteiger partial charge is 0.471 e. The van der Waals surface area contributed by atoms with Crippen LogP contribution in [0.1, 0.15) is 18.4 Å². The van der Waals surface area contributed by atoms with Gasteiger partial charge in [-0.15, -0.1) is 0 Å². The molecular formula is C19H19F3N2O3. The lowest BCUT2D eigenvalue weighted by Gasteiger charge is -2.13. The maximum Gasteiger partial charge on any atom is 0.471 e. The first kappa shape index (κ1) is 20.3. The van der Waals surface area contributed by atoms with Gasteiger partial charge in [0.25, 0.3) is 0 Å². The zero-order chi connectivity index (χ0) is 19.7. The summed E-state index contributed by atoms with van der Waals surface area (Å²) in [7, 11) is 0. The summed E-state index contributed by atoms with van der Waals surface area (Å²) in [5, 5.41) is 4.43. The Morgan fingerprint density at radius 1 is 0.963 bits per heavy atom. The summed E-state index contributed by atoms with van der Waals surface area (Å²) in [6, 6.07) is 15.2. The molecule has 2 amide bonds. The molecule has 2 aromatic carbocycles. The predicted octanol–water partition coefficient (Wildman–Crippen LogP) is 3.66. The fourth-order valence-electron chi connectivity index (χ4n) is 2.21. The van der Waals surface area contributed by atoms with Crippen LogP contribution in [0.3, 0.4) is 0 Å². The van der Waals surface area contributed by atoms with E-state index >= 15 is 0 Å². The number of halogens is 3. The Hall–Kier alpha value is -3.03. The van der Waals surface area contributed by atoms with Gasteiger partial charge in [0.1, 0.15) is 5.75 Å². The lowest BCUT2D eigenvalue weighted by Crippen LogP contribution is -2.31. The number of rotatable bonds is 8. The molecule has 0 aliphatic carbocycles. The summed E-state index contributed by atoms with van der Waals surface area (Å²) in [5.41, 5.74) is 0.386. The number of alkyl halides is 3. The predicted molar refractivity (Wildman–Crippen MR) is 94.1 cm³/mol. The van der Waals surface area contributed by atoms with Crippen LogP contribution in [-0.2, 0) is 16.1 Å². The summed E-state index contributed by atoms with van der Waals surface area (Å²) in [5.74, 6) is -1.60. The average molecular weight is 380 g/mol. The van der Waals surface area contributed by atoms with E-state index in [0.29, 0.717) is 24.3 Å². The van der Waals surface area contributed by atoms with Gasteiger partial charge in [-0.3, -0.25) is 9.59 Å². The molecule has 144 valence electrons. The number of carbonyl (C=O) groups is 2. The molecule has 0 aliphatic heterocycles. The molecule has 2 rings (SSSR count). The molecule has 0 saturated heterocycles. The largest absolute Gasteiger partial charge is 0.494 e. The van der Waals surface area contributed by atoms with Crippen molar-refractivity contribution in [1.29, 1.82) is 0 Å². The molecule has 0 aliphatic rings. The topological polar surface area (TPSA) is 67.4 Å². The number of hydrogen-bond donors (Lipinski definition) is 2. The maximum absolute atomic E-state index is 12.4. The van der Waals surface area contributed by atoms with Gasteiger partial charge in [-0.2, -0.15) is 13.2 Å². The molecule has 0 heterocycles. The van der Waals surface area contributed by atoms with E-state index < -0.39 is 12.1 Å². The fourth-order valence-corrected chi connectivity index (χ4v) is 2.21. The molecule has 0 unspecified atom stereocenters. The van der Waals surface area contributed by atoms with Crippen molar-refractivity contribution in [1.82, 2.24) is 5.32 Å². The number of amides is 2. The van der Waals surface area contributed by atoms with Crippen molar-refractivity contribution in [3.05, 3.63) is 60.2 Å². The van der Waals surface area contributed by atoms with E-state index in [4.69, 9.17) is 4.74 Å². The Bertz CT molecular complexity index is 764. The Morgan fingerprint density at radius 2 is 1.63 bits per heavy atom. The van der Waals surface area contributed by atoms with Gasteiger partial charge in [0, 0.05) is 18.7 Å². The molecule has 5 nitrogen and oxygen atoms in total.